The van der Waals surface area contributed by atoms with E-state index >= 15 is 0 Å². The lowest BCUT2D eigenvalue weighted by Gasteiger charge is -2.44. The number of ether oxygens (including phenoxy) is 2. The number of nitrogens with zero attached hydrogens (tertiary/aromatic N) is 2. The van der Waals surface area contributed by atoms with E-state index in [0.29, 0.717) is 23.2 Å². The van der Waals surface area contributed by atoms with Crippen LogP contribution in [0.3, 0.4) is 0 Å². The van der Waals surface area contributed by atoms with Gasteiger partial charge in [0.1, 0.15) is 0 Å². The second-order valence-corrected chi connectivity index (χ2v) is 7.70. The van der Waals surface area contributed by atoms with Crippen LogP contribution in [0.5, 0.6) is 0 Å². The highest BCUT2D eigenvalue weighted by Crippen LogP contribution is 2.45. The zero-order chi connectivity index (χ0) is 16.3. The van der Waals surface area contributed by atoms with Crippen molar-refractivity contribution >= 4 is 5.91 Å². The van der Waals surface area contributed by atoms with Crippen LogP contribution in [-0.2, 0) is 14.3 Å². The Morgan fingerprint density at radius 1 is 1.17 bits per heavy atom. The van der Waals surface area contributed by atoms with E-state index in [0.717, 1.165) is 71.6 Å². The predicted octanol–water partition coefficient (Wildman–Crippen LogP) is 1.62. The Bertz CT molecular complexity index is 403. The fourth-order valence-corrected chi connectivity index (χ4v) is 4.62. The zero-order valence-electron chi connectivity index (χ0n) is 14.8. The van der Waals surface area contributed by atoms with Gasteiger partial charge in [-0.2, -0.15) is 0 Å². The van der Waals surface area contributed by atoms with Crippen molar-refractivity contribution in [2.24, 2.45) is 17.3 Å². The molecule has 3 aliphatic rings. The van der Waals surface area contributed by atoms with Gasteiger partial charge >= 0.3 is 0 Å². The second kappa shape index (κ2) is 7.49. The molecule has 1 amide bonds. The molecule has 2 aliphatic heterocycles. The van der Waals surface area contributed by atoms with Gasteiger partial charge in [-0.05, 0) is 31.1 Å². The van der Waals surface area contributed by atoms with Gasteiger partial charge in [-0.3, -0.25) is 4.79 Å². The number of hydrogen-bond donors (Lipinski definition) is 0. The minimum Gasteiger partial charge on any atom is -0.384 e. The molecule has 5 heteroatoms. The molecule has 3 rings (SSSR count). The Kier molecular flexibility index (Phi) is 5.60. The van der Waals surface area contributed by atoms with Crippen molar-refractivity contribution in [3.8, 4) is 0 Å². The number of likely N-dealkylation sites (tertiary alicyclic amines) is 2. The molecule has 23 heavy (non-hydrogen) atoms. The molecule has 0 aromatic carbocycles. The lowest BCUT2D eigenvalue weighted by Crippen LogP contribution is -2.49. The van der Waals surface area contributed by atoms with Crippen molar-refractivity contribution < 1.29 is 14.3 Å². The molecule has 1 spiro atoms. The Labute approximate surface area is 140 Å². The summed E-state index contributed by atoms with van der Waals surface area (Å²) in [5, 5.41) is 0. The van der Waals surface area contributed by atoms with Crippen molar-refractivity contribution in [2.75, 3.05) is 60.2 Å². The number of carbonyl (C=O) groups excluding carboxylic acids is 1. The summed E-state index contributed by atoms with van der Waals surface area (Å²) < 4.78 is 10.7. The minimum atomic E-state index is 0.333. The standard InChI is InChI=1S/C18H32N2O3/c1-22-11-10-19-12-16(13-23-2)18(14-19)6-8-20(9-7-18)17(21)15-4-3-5-15/h15-16H,3-14H2,1-2H3/t16-/m1/s1. The maximum absolute atomic E-state index is 12.5. The molecule has 0 bridgehead atoms. The highest BCUT2D eigenvalue weighted by Gasteiger charge is 2.48. The van der Waals surface area contributed by atoms with E-state index in [4.69, 9.17) is 9.47 Å². The second-order valence-electron chi connectivity index (χ2n) is 7.70. The van der Waals surface area contributed by atoms with Crippen LogP contribution in [0, 0.1) is 17.3 Å². The first-order valence-electron chi connectivity index (χ1n) is 9.17. The van der Waals surface area contributed by atoms with Crippen LogP contribution < -0.4 is 0 Å². The van der Waals surface area contributed by atoms with Gasteiger partial charge in [0.2, 0.25) is 5.91 Å². The van der Waals surface area contributed by atoms with Crippen molar-refractivity contribution in [3.63, 3.8) is 0 Å². The van der Waals surface area contributed by atoms with Gasteiger partial charge in [0.15, 0.2) is 0 Å². The van der Waals surface area contributed by atoms with E-state index in [1.54, 1.807) is 14.2 Å². The van der Waals surface area contributed by atoms with Gasteiger partial charge in [0.25, 0.3) is 0 Å². The zero-order valence-corrected chi connectivity index (χ0v) is 14.8. The molecule has 5 nitrogen and oxygen atoms in total. The molecular formula is C18H32N2O3. The van der Waals surface area contributed by atoms with Crippen molar-refractivity contribution in [1.29, 1.82) is 0 Å². The topological polar surface area (TPSA) is 42.0 Å². The summed E-state index contributed by atoms with van der Waals surface area (Å²) in [6.45, 7) is 6.75. The number of hydrogen-bond acceptors (Lipinski definition) is 4. The molecule has 2 saturated heterocycles. The van der Waals surface area contributed by atoms with E-state index < -0.39 is 0 Å². The molecule has 132 valence electrons. The molecule has 1 aliphatic carbocycles. The maximum atomic E-state index is 12.5. The fourth-order valence-electron chi connectivity index (χ4n) is 4.62. The van der Waals surface area contributed by atoms with E-state index in [9.17, 15) is 4.79 Å². The molecule has 2 heterocycles. The first kappa shape index (κ1) is 17.2. The molecule has 0 radical (unpaired) electrons. The summed E-state index contributed by atoms with van der Waals surface area (Å²) in [5.41, 5.74) is 0.333. The Balaban J connectivity index is 1.58. The van der Waals surface area contributed by atoms with Crippen LogP contribution >= 0.6 is 0 Å². The van der Waals surface area contributed by atoms with E-state index in [1.165, 1.54) is 6.42 Å². The Morgan fingerprint density at radius 2 is 1.91 bits per heavy atom. The third-order valence-electron chi connectivity index (χ3n) is 6.39. The van der Waals surface area contributed by atoms with Crippen LogP contribution in [0.2, 0.25) is 0 Å². The van der Waals surface area contributed by atoms with Crippen LogP contribution in [-0.4, -0.2) is 75.9 Å². The number of carbonyl (C=O) groups is 1. The van der Waals surface area contributed by atoms with Crippen LogP contribution in [0.25, 0.3) is 0 Å². The van der Waals surface area contributed by atoms with E-state index in [-0.39, 0.29) is 0 Å². The number of rotatable bonds is 6. The smallest absolute Gasteiger partial charge is 0.225 e. The van der Waals surface area contributed by atoms with Crippen molar-refractivity contribution in [3.05, 3.63) is 0 Å². The first-order chi connectivity index (χ1) is 11.2. The number of methoxy groups -OCH3 is 2. The summed E-state index contributed by atoms with van der Waals surface area (Å²) in [6, 6.07) is 0. The third kappa shape index (κ3) is 3.57. The normalized spacial score (nSPS) is 28.3. The van der Waals surface area contributed by atoms with Crippen LogP contribution in [0.4, 0.5) is 0 Å². The molecule has 1 atom stereocenters. The number of piperidine rings is 1. The van der Waals surface area contributed by atoms with Gasteiger partial charge in [-0.15, -0.1) is 0 Å². The molecular weight excluding hydrogens is 292 g/mol. The molecule has 0 N–H and O–H groups in total. The van der Waals surface area contributed by atoms with Crippen molar-refractivity contribution in [2.45, 2.75) is 32.1 Å². The van der Waals surface area contributed by atoms with Gasteiger partial charge in [0.05, 0.1) is 13.2 Å². The molecule has 0 aromatic rings. The summed E-state index contributed by atoms with van der Waals surface area (Å²) >= 11 is 0. The average molecular weight is 324 g/mol. The lowest BCUT2D eigenvalue weighted by molar-refractivity contribution is -0.141. The van der Waals surface area contributed by atoms with Gasteiger partial charge in [0, 0.05) is 58.8 Å². The predicted molar refractivity (Wildman–Crippen MR) is 89.3 cm³/mol. The first-order valence-corrected chi connectivity index (χ1v) is 9.17. The van der Waals surface area contributed by atoms with Gasteiger partial charge < -0.3 is 19.3 Å². The summed E-state index contributed by atoms with van der Waals surface area (Å²) in [5.74, 6) is 1.34. The monoisotopic (exact) mass is 324 g/mol. The third-order valence-corrected chi connectivity index (χ3v) is 6.39. The Hall–Kier alpha value is -0.650. The molecule has 3 fully saturated rings. The van der Waals surface area contributed by atoms with Crippen LogP contribution in [0.15, 0.2) is 0 Å². The maximum Gasteiger partial charge on any atom is 0.225 e. The summed E-state index contributed by atoms with van der Waals surface area (Å²) in [4.78, 5) is 17.1. The van der Waals surface area contributed by atoms with E-state index in [1.807, 2.05) is 0 Å². The van der Waals surface area contributed by atoms with E-state index in [2.05, 4.69) is 9.80 Å². The highest BCUT2D eigenvalue weighted by atomic mass is 16.5. The lowest BCUT2D eigenvalue weighted by atomic mass is 9.70. The fraction of sp³-hybridized carbons (Fsp3) is 0.944. The Morgan fingerprint density at radius 3 is 2.48 bits per heavy atom. The average Bonchev–Trinajstić information content (AvgIpc) is 2.82. The molecule has 0 unspecified atom stereocenters. The van der Waals surface area contributed by atoms with Crippen molar-refractivity contribution in [1.82, 2.24) is 9.80 Å². The minimum absolute atomic E-state index is 0.333. The molecule has 0 aromatic heterocycles. The summed E-state index contributed by atoms with van der Waals surface area (Å²) in [7, 11) is 3.57. The molecule has 1 saturated carbocycles. The highest BCUT2D eigenvalue weighted by molar-refractivity contribution is 5.79. The van der Waals surface area contributed by atoms with Gasteiger partial charge in [-0.1, -0.05) is 6.42 Å². The number of amides is 1. The largest absolute Gasteiger partial charge is 0.384 e. The quantitative estimate of drug-likeness (QED) is 0.745. The van der Waals surface area contributed by atoms with Crippen LogP contribution in [0.1, 0.15) is 32.1 Å². The summed E-state index contributed by atoms with van der Waals surface area (Å²) in [6.07, 6.45) is 5.71. The SMILES string of the molecule is COCCN1C[C@H](COC)C2(CCN(C(=O)C3CCC3)CC2)C1. The van der Waals surface area contributed by atoms with Gasteiger partial charge in [-0.25, -0.2) is 0 Å².